The molecule has 2 aliphatic heterocycles. The Morgan fingerprint density at radius 3 is 1.83 bits per heavy atom. The Morgan fingerprint density at radius 2 is 1.33 bits per heavy atom. The molecule has 2 aromatic rings. The molecule has 0 aliphatic carbocycles. The fourth-order valence-corrected chi connectivity index (χ4v) is 4.25. The van der Waals surface area contributed by atoms with E-state index < -0.39 is 0 Å². The number of nitrogens with zero attached hydrogens (tertiary/aromatic N) is 2. The van der Waals surface area contributed by atoms with Gasteiger partial charge in [-0.1, -0.05) is 36.4 Å². The number of aldehydes is 1. The molecular formula is C21H24N2O. The summed E-state index contributed by atoms with van der Waals surface area (Å²) < 4.78 is 0. The number of hydrogen-bond donors (Lipinski definition) is 0. The van der Waals surface area contributed by atoms with Gasteiger partial charge in [-0.15, -0.1) is 0 Å². The molecule has 3 nitrogen and oxygen atoms in total. The second kappa shape index (κ2) is 6.68. The zero-order chi connectivity index (χ0) is 16.4. The number of hydrogen-bond acceptors (Lipinski definition) is 3. The van der Waals surface area contributed by atoms with Crippen LogP contribution in [-0.2, 0) is 17.6 Å². The number of carbonyl (C=O) groups is 1. The predicted octanol–water partition coefficient (Wildman–Crippen LogP) is 3.81. The van der Waals surface area contributed by atoms with E-state index in [0.717, 1.165) is 45.1 Å². The highest BCUT2D eigenvalue weighted by molar-refractivity contribution is 5.64. The molecule has 0 fully saturated rings. The Kier molecular flexibility index (Phi) is 4.24. The smallest absolute Gasteiger partial charge is 0.123 e. The molecule has 0 aromatic heterocycles. The second-order valence-electron chi connectivity index (χ2n) is 6.73. The van der Waals surface area contributed by atoms with Gasteiger partial charge in [0.25, 0.3) is 0 Å². The quantitative estimate of drug-likeness (QED) is 0.801. The first-order valence-corrected chi connectivity index (χ1v) is 9.01. The maximum absolute atomic E-state index is 11.5. The first-order valence-electron chi connectivity index (χ1n) is 9.01. The van der Waals surface area contributed by atoms with Crippen LogP contribution in [0.3, 0.4) is 0 Å². The summed E-state index contributed by atoms with van der Waals surface area (Å²) in [7, 11) is 0. The van der Waals surface area contributed by atoms with Crippen LogP contribution in [0.1, 0.15) is 30.4 Å². The first kappa shape index (κ1) is 15.3. The first-order chi connectivity index (χ1) is 11.9. The molecule has 0 unspecified atom stereocenters. The molecule has 2 heterocycles. The Bertz CT molecular complexity index is 670. The van der Waals surface area contributed by atoms with Crippen LogP contribution in [0.4, 0.5) is 11.4 Å². The van der Waals surface area contributed by atoms with E-state index in [0.29, 0.717) is 6.42 Å². The molecule has 2 aliphatic rings. The van der Waals surface area contributed by atoms with Crippen LogP contribution in [0, 0.1) is 0 Å². The van der Waals surface area contributed by atoms with Crippen molar-refractivity contribution in [1.82, 2.24) is 0 Å². The van der Waals surface area contributed by atoms with Crippen LogP contribution in [0.5, 0.6) is 0 Å². The summed E-state index contributed by atoms with van der Waals surface area (Å²) in [4.78, 5) is 16.4. The van der Waals surface area contributed by atoms with Crippen LogP contribution in [-0.4, -0.2) is 25.5 Å². The largest absolute Gasteiger partial charge is 0.351 e. The number of para-hydroxylation sites is 2. The molecule has 124 valence electrons. The highest BCUT2D eigenvalue weighted by Crippen LogP contribution is 2.35. The molecule has 4 rings (SSSR count). The molecule has 2 aromatic carbocycles. The number of benzene rings is 2. The highest BCUT2D eigenvalue weighted by atomic mass is 16.1. The number of aryl methyl sites for hydroxylation is 2. The van der Waals surface area contributed by atoms with Crippen LogP contribution < -0.4 is 9.80 Å². The maximum Gasteiger partial charge on any atom is 0.123 e. The molecule has 0 saturated carbocycles. The van der Waals surface area contributed by atoms with Crippen molar-refractivity contribution in [3.05, 3.63) is 59.7 Å². The van der Waals surface area contributed by atoms with Gasteiger partial charge in [-0.25, -0.2) is 0 Å². The molecule has 0 N–H and O–H groups in total. The van der Waals surface area contributed by atoms with Crippen molar-refractivity contribution in [2.45, 2.75) is 38.3 Å². The van der Waals surface area contributed by atoms with E-state index in [2.05, 4.69) is 58.3 Å². The van der Waals surface area contributed by atoms with Crippen molar-refractivity contribution in [2.24, 2.45) is 0 Å². The lowest BCUT2D eigenvalue weighted by Crippen LogP contribution is -2.52. The van der Waals surface area contributed by atoms with E-state index in [-0.39, 0.29) is 6.17 Å². The molecule has 0 saturated heterocycles. The van der Waals surface area contributed by atoms with Crippen molar-refractivity contribution in [3.63, 3.8) is 0 Å². The minimum absolute atomic E-state index is 0.116. The summed E-state index contributed by atoms with van der Waals surface area (Å²) in [5.41, 5.74) is 5.42. The summed E-state index contributed by atoms with van der Waals surface area (Å²) in [6, 6.07) is 17.3. The van der Waals surface area contributed by atoms with Gasteiger partial charge < -0.3 is 14.6 Å². The molecule has 0 atom stereocenters. The molecule has 0 bridgehead atoms. The van der Waals surface area contributed by atoms with Crippen LogP contribution in [0.15, 0.2) is 48.5 Å². The molecule has 0 spiro atoms. The van der Waals surface area contributed by atoms with Gasteiger partial charge in [-0.2, -0.15) is 0 Å². The molecule has 3 heteroatoms. The molecule has 0 radical (unpaired) electrons. The van der Waals surface area contributed by atoms with Crippen LogP contribution >= 0.6 is 0 Å². The minimum Gasteiger partial charge on any atom is -0.351 e. The lowest BCUT2D eigenvalue weighted by Gasteiger charge is -2.46. The normalized spacial score (nSPS) is 16.7. The van der Waals surface area contributed by atoms with Gasteiger partial charge in [0, 0.05) is 30.9 Å². The van der Waals surface area contributed by atoms with Crippen molar-refractivity contribution in [1.29, 1.82) is 0 Å². The van der Waals surface area contributed by atoms with Gasteiger partial charge >= 0.3 is 0 Å². The van der Waals surface area contributed by atoms with E-state index in [9.17, 15) is 4.79 Å². The van der Waals surface area contributed by atoms with E-state index >= 15 is 0 Å². The Hall–Kier alpha value is -2.29. The molecule has 0 amide bonds. The Labute approximate surface area is 143 Å². The Morgan fingerprint density at radius 1 is 0.833 bits per heavy atom. The van der Waals surface area contributed by atoms with Gasteiger partial charge in [0.1, 0.15) is 12.5 Å². The van der Waals surface area contributed by atoms with E-state index in [4.69, 9.17) is 0 Å². The van der Waals surface area contributed by atoms with Crippen molar-refractivity contribution in [3.8, 4) is 0 Å². The maximum atomic E-state index is 11.5. The average Bonchev–Trinajstić information content (AvgIpc) is 2.65. The average molecular weight is 320 g/mol. The van der Waals surface area contributed by atoms with Crippen molar-refractivity contribution >= 4 is 17.7 Å². The summed E-state index contributed by atoms with van der Waals surface area (Å²) in [6.45, 7) is 2.04. The summed E-state index contributed by atoms with van der Waals surface area (Å²) >= 11 is 0. The fraction of sp³-hybridized carbons (Fsp3) is 0.381. The van der Waals surface area contributed by atoms with E-state index in [1.807, 2.05) is 0 Å². The number of carbonyl (C=O) groups excluding carboxylic acids is 1. The third kappa shape index (κ3) is 2.68. The number of fused-ring (bicyclic) bond motifs is 2. The van der Waals surface area contributed by atoms with Gasteiger partial charge in [-0.05, 0) is 48.9 Å². The van der Waals surface area contributed by atoms with Crippen LogP contribution in [0.25, 0.3) is 0 Å². The topological polar surface area (TPSA) is 23.6 Å². The zero-order valence-corrected chi connectivity index (χ0v) is 14.0. The third-order valence-electron chi connectivity index (χ3n) is 5.32. The van der Waals surface area contributed by atoms with Crippen LogP contribution in [0.2, 0.25) is 0 Å². The fourth-order valence-electron chi connectivity index (χ4n) is 4.25. The highest BCUT2D eigenvalue weighted by Gasteiger charge is 2.31. The SMILES string of the molecule is O=CCC(N1CCCc2ccccc21)N1CCCc2ccccc21. The zero-order valence-electron chi connectivity index (χ0n) is 14.0. The molecular weight excluding hydrogens is 296 g/mol. The van der Waals surface area contributed by atoms with Gasteiger partial charge in [0.15, 0.2) is 0 Å². The van der Waals surface area contributed by atoms with E-state index in [1.165, 1.54) is 22.5 Å². The number of anilines is 2. The summed E-state index contributed by atoms with van der Waals surface area (Å²) in [6.07, 6.45) is 6.32. The predicted molar refractivity (Wildman–Crippen MR) is 98.7 cm³/mol. The molecule has 24 heavy (non-hydrogen) atoms. The Balaban J connectivity index is 1.73. The number of rotatable bonds is 4. The minimum atomic E-state index is 0.116. The second-order valence-corrected chi connectivity index (χ2v) is 6.73. The summed E-state index contributed by atoms with van der Waals surface area (Å²) in [5, 5.41) is 0. The van der Waals surface area contributed by atoms with E-state index in [1.54, 1.807) is 0 Å². The third-order valence-corrected chi connectivity index (χ3v) is 5.32. The lowest BCUT2D eigenvalue weighted by molar-refractivity contribution is -0.108. The van der Waals surface area contributed by atoms with Gasteiger partial charge in [0.05, 0.1) is 0 Å². The van der Waals surface area contributed by atoms with Gasteiger partial charge in [0.2, 0.25) is 0 Å². The summed E-state index contributed by atoms with van der Waals surface area (Å²) in [5.74, 6) is 0. The monoisotopic (exact) mass is 320 g/mol. The standard InChI is InChI=1S/C21H24N2O/c24-16-13-21(22-14-5-9-17-7-1-3-11-19(17)22)23-15-6-10-18-8-2-4-12-20(18)23/h1-4,7-8,11-12,16,21H,5-6,9-10,13-15H2. The van der Waals surface area contributed by atoms with Crippen molar-refractivity contribution < 1.29 is 4.79 Å². The lowest BCUT2D eigenvalue weighted by atomic mass is 9.98. The van der Waals surface area contributed by atoms with Gasteiger partial charge in [-0.3, -0.25) is 0 Å². The van der Waals surface area contributed by atoms with Crippen molar-refractivity contribution in [2.75, 3.05) is 22.9 Å².